The Morgan fingerprint density at radius 1 is 0.969 bits per heavy atom. The van der Waals surface area contributed by atoms with Crippen LogP contribution in [0.25, 0.3) is 11.0 Å². The van der Waals surface area contributed by atoms with E-state index in [0.29, 0.717) is 34.8 Å². The van der Waals surface area contributed by atoms with Crippen molar-refractivity contribution in [3.05, 3.63) is 98.9 Å². The summed E-state index contributed by atoms with van der Waals surface area (Å²) in [5.41, 5.74) is 3.43. The van der Waals surface area contributed by atoms with Crippen LogP contribution < -0.4 is 16.3 Å². The van der Waals surface area contributed by atoms with Crippen LogP contribution in [0.3, 0.4) is 0 Å². The van der Waals surface area contributed by atoms with Gasteiger partial charge in [0.25, 0.3) is 5.91 Å². The van der Waals surface area contributed by atoms with Gasteiger partial charge in [-0.25, -0.2) is 4.79 Å². The molecule has 0 atom stereocenters. The normalized spacial score (nSPS) is 10.8. The summed E-state index contributed by atoms with van der Waals surface area (Å²) >= 11 is 5.86. The lowest BCUT2D eigenvalue weighted by Crippen LogP contribution is -2.11. The first-order chi connectivity index (χ1) is 15.4. The molecule has 6 nitrogen and oxygen atoms in total. The molecule has 1 amide bonds. The minimum Gasteiger partial charge on any atom is -0.508 e. The van der Waals surface area contributed by atoms with Crippen LogP contribution in [0, 0.1) is 0 Å². The number of rotatable bonds is 6. The molecule has 0 bridgehead atoms. The molecule has 7 heteroatoms. The second-order valence-electron chi connectivity index (χ2n) is 7.31. The van der Waals surface area contributed by atoms with E-state index in [1.165, 1.54) is 12.1 Å². The summed E-state index contributed by atoms with van der Waals surface area (Å²) in [5.74, 6) is -0.107. The van der Waals surface area contributed by atoms with Crippen LogP contribution in [0.1, 0.15) is 28.4 Å². The van der Waals surface area contributed by atoms with Crippen molar-refractivity contribution in [1.82, 2.24) is 0 Å². The summed E-state index contributed by atoms with van der Waals surface area (Å²) in [5, 5.41) is 17.5. The number of amides is 1. The monoisotopic (exact) mass is 448 g/mol. The van der Waals surface area contributed by atoms with Gasteiger partial charge >= 0.3 is 5.63 Å². The fourth-order valence-corrected chi connectivity index (χ4v) is 3.54. The van der Waals surface area contributed by atoms with Gasteiger partial charge in [-0.1, -0.05) is 18.5 Å². The summed E-state index contributed by atoms with van der Waals surface area (Å²) in [4.78, 5) is 24.3. The number of hydrogen-bond acceptors (Lipinski definition) is 5. The van der Waals surface area contributed by atoms with Crippen molar-refractivity contribution in [2.24, 2.45) is 0 Å². The highest BCUT2D eigenvalue weighted by atomic mass is 35.5. The zero-order valence-electron chi connectivity index (χ0n) is 17.3. The van der Waals surface area contributed by atoms with E-state index < -0.39 is 5.63 Å². The average molecular weight is 449 g/mol. The largest absolute Gasteiger partial charge is 0.508 e. The highest BCUT2D eigenvalue weighted by Gasteiger charge is 2.10. The number of aromatic hydroxyl groups is 1. The van der Waals surface area contributed by atoms with Crippen molar-refractivity contribution < 1.29 is 14.3 Å². The maximum Gasteiger partial charge on any atom is 0.336 e. The van der Waals surface area contributed by atoms with Crippen molar-refractivity contribution in [2.45, 2.75) is 19.9 Å². The number of aryl methyl sites for hydroxylation is 1. The Kier molecular flexibility index (Phi) is 6.14. The third-order valence-corrected chi connectivity index (χ3v) is 5.39. The molecule has 0 aliphatic carbocycles. The molecule has 0 aliphatic heterocycles. The Morgan fingerprint density at radius 2 is 1.66 bits per heavy atom. The standard InChI is InChI=1S/C25H21ClN2O4/c1-2-15-11-21-17(12-24(30)32-23(21)13-22(15)29)14-27-19-7-9-20(10-8-19)28-25(31)16-3-5-18(26)6-4-16/h3-13,27,29H,2,14H2,1H3,(H,28,31). The van der Waals surface area contributed by atoms with Gasteiger partial charge in [0.15, 0.2) is 0 Å². The fraction of sp³-hybridized carbons (Fsp3) is 0.120. The molecule has 3 N–H and O–H groups in total. The molecule has 0 fully saturated rings. The lowest BCUT2D eigenvalue weighted by molar-refractivity contribution is 0.102. The van der Waals surface area contributed by atoms with E-state index in [2.05, 4.69) is 10.6 Å². The second-order valence-corrected chi connectivity index (χ2v) is 7.75. The number of fused-ring (bicyclic) bond motifs is 1. The predicted molar refractivity (Wildman–Crippen MR) is 127 cm³/mol. The number of carbonyl (C=O) groups is 1. The molecule has 162 valence electrons. The molecule has 0 spiro atoms. The molecule has 0 unspecified atom stereocenters. The van der Waals surface area contributed by atoms with Crippen LogP contribution in [0.2, 0.25) is 5.02 Å². The maximum atomic E-state index is 12.3. The number of benzene rings is 3. The fourth-order valence-electron chi connectivity index (χ4n) is 3.41. The summed E-state index contributed by atoms with van der Waals surface area (Å²) < 4.78 is 5.24. The molecule has 0 radical (unpaired) electrons. The summed E-state index contributed by atoms with van der Waals surface area (Å²) in [6.45, 7) is 2.34. The lowest BCUT2D eigenvalue weighted by atomic mass is 10.0. The van der Waals surface area contributed by atoms with E-state index >= 15 is 0 Å². The van der Waals surface area contributed by atoms with Gasteiger partial charge in [-0.05, 0) is 72.1 Å². The molecule has 32 heavy (non-hydrogen) atoms. The molecule has 4 aromatic rings. The Bertz CT molecular complexity index is 1330. The number of carbonyl (C=O) groups excluding carboxylic acids is 1. The Balaban J connectivity index is 1.47. The highest BCUT2D eigenvalue weighted by Crippen LogP contribution is 2.27. The third kappa shape index (κ3) is 4.76. The minimum atomic E-state index is -0.474. The number of hydrogen-bond donors (Lipinski definition) is 3. The van der Waals surface area contributed by atoms with Gasteiger partial charge in [0.1, 0.15) is 11.3 Å². The van der Waals surface area contributed by atoms with Gasteiger partial charge in [-0.3, -0.25) is 4.79 Å². The van der Waals surface area contributed by atoms with E-state index in [9.17, 15) is 14.7 Å². The van der Waals surface area contributed by atoms with E-state index in [0.717, 1.165) is 22.2 Å². The van der Waals surface area contributed by atoms with Gasteiger partial charge in [0.2, 0.25) is 0 Å². The topological polar surface area (TPSA) is 91.6 Å². The van der Waals surface area contributed by atoms with Crippen LogP contribution in [0.15, 0.2) is 75.9 Å². The molecule has 3 aromatic carbocycles. The number of anilines is 2. The van der Waals surface area contributed by atoms with Crippen LogP contribution in [0.4, 0.5) is 11.4 Å². The van der Waals surface area contributed by atoms with Gasteiger partial charge < -0.3 is 20.2 Å². The molecular formula is C25H21ClN2O4. The molecule has 1 heterocycles. The quantitative estimate of drug-likeness (QED) is 0.335. The van der Waals surface area contributed by atoms with Crippen molar-refractivity contribution in [1.29, 1.82) is 0 Å². The van der Waals surface area contributed by atoms with E-state index in [-0.39, 0.29) is 11.7 Å². The van der Waals surface area contributed by atoms with Gasteiger partial charge in [-0.2, -0.15) is 0 Å². The smallest absolute Gasteiger partial charge is 0.336 e. The van der Waals surface area contributed by atoms with Crippen molar-refractivity contribution >= 4 is 39.9 Å². The minimum absolute atomic E-state index is 0.115. The van der Waals surface area contributed by atoms with Gasteiger partial charge in [-0.15, -0.1) is 0 Å². The molecule has 1 aromatic heterocycles. The molecule has 0 saturated heterocycles. The Hall–Kier alpha value is -3.77. The number of phenols is 1. The molecule has 4 rings (SSSR count). The Morgan fingerprint density at radius 3 is 2.34 bits per heavy atom. The van der Waals surface area contributed by atoms with Crippen LogP contribution in [0.5, 0.6) is 5.75 Å². The van der Waals surface area contributed by atoms with E-state index in [1.54, 1.807) is 36.4 Å². The third-order valence-electron chi connectivity index (χ3n) is 5.14. The zero-order chi connectivity index (χ0) is 22.7. The number of phenolic OH excluding ortho intramolecular Hbond substituents is 1. The first-order valence-electron chi connectivity index (χ1n) is 10.1. The lowest BCUT2D eigenvalue weighted by Gasteiger charge is -2.11. The average Bonchev–Trinajstić information content (AvgIpc) is 2.78. The second kappa shape index (κ2) is 9.16. The first kappa shape index (κ1) is 21.5. The van der Waals surface area contributed by atoms with Gasteiger partial charge in [0.05, 0.1) is 0 Å². The summed E-state index contributed by atoms with van der Waals surface area (Å²) in [7, 11) is 0. The van der Waals surface area contributed by atoms with Gasteiger partial charge in [0, 0.05) is 46.0 Å². The van der Waals surface area contributed by atoms with Crippen LogP contribution in [-0.4, -0.2) is 11.0 Å². The summed E-state index contributed by atoms with van der Waals surface area (Å²) in [6.07, 6.45) is 0.664. The van der Waals surface area contributed by atoms with Crippen molar-refractivity contribution in [3.63, 3.8) is 0 Å². The number of nitrogens with one attached hydrogen (secondary N) is 2. The highest BCUT2D eigenvalue weighted by molar-refractivity contribution is 6.30. The molecule has 0 saturated carbocycles. The first-order valence-corrected chi connectivity index (χ1v) is 10.5. The van der Waals surface area contributed by atoms with Crippen molar-refractivity contribution in [3.8, 4) is 5.75 Å². The maximum absolute atomic E-state index is 12.3. The zero-order valence-corrected chi connectivity index (χ0v) is 18.1. The van der Waals surface area contributed by atoms with E-state index in [4.69, 9.17) is 16.0 Å². The SMILES string of the molecule is CCc1cc2c(CNc3ccc(NC(=O)c4ccc(Cl)cc4)cc3)cc(=O)oc2cc1O. The van der Waals surface area contributed by atoms with Crippen molar-refractivity contribution in [2.75, 3.05) is 10.6 Å². The van der Waals surface area contributed by atoms with Crippen LogP contribution in [-0.2, 0) is 13.0 Å². The Labute approximate surface area is 189 Å². The summed E-state index contributed by atoms with van der Waals surface area (Å²) in [6, 6.07) is 18.7. The number of halogens is 1. The molecular weight excluding hydrogens is 428 g/mol. The predicted octanol–water partition coefficient (Wildman–Crippen LogP) is 5.58. The van der Waals surface area contributed by atoms with Crippen LogP contribution >= 0.6 is 11.6 Å². The van der Waals surface area contributed by atoms with E-state index in [1.807, 2.05) is 25.1 Å². The molecule has 0 aliphatic rings.